The Balaban J connectivity index is 1.80. The molecule has 1 amide bonds. The van der Waals surface area contributed by atoms with Gasteiger partial charge in [0.05, 0.1) is 0 Å². The number of nitrogens with zero attached hydrogens (tertiary/aromatic N) is 1. The van der Waals surface area contributed by atoms with Crippen molar-refractivity contribution in [1.29, 1.82) is 0 Å². The molecule has 0 radical (unpaired) electrons. The third-order valence-electron chi connectivity index (χ3n) is 4.75. The van der Waals surface area contributed by atoms with Gasteiger partial charge in [-0.25, -0.2) is 9.59 Å². The molecule has 2 aromatic carbocycles. The van der Waals surface area contributed by atoms with Gasteiger partial charge >= 0.3 is 18.2 Å². The first-order valence-electron chi connectivity index (χ1n) is 8.60. The van der Waals surface area contributed by atoms with Crippen LogP contribution in [0.25, 0.3) is 11.1 Å². The molecule has 0 bridgehead atoms. The van der Waals surface area contributed by atoms with Crippen molar-refractivity contribution >= 4 is 12.1 Å². The highest BCUT2D eigenvalue weighted by Gasteiger charge is 2.39. The van der Waals surface area contributed by atoms with Crippen LogP contribution in [0, 0.1) is 0 Å². The lowest BCUT2D eigenvalue weighted by atomic mass is 9.98. The number of benzene rings is 2. The average Bonchev–Trinajstić information content (AvgIpc) is 2.97. The van der Waals surface area contributed by atoms with E-state index in [1.54, 1.807) is 0 Å². The summed E-state index contributed by atoms with van der Waals surface area (Å²) in [5.74, 6) is -1.87. The topological polar surface area (TPSA) is 66.8 Å². The van der Waals surface area contributed by atoms with Gasteiger partial charge in [0.15, 0.2) is 0 Å². The number of carbonyl (C=O) groups excluding carboxylic acids is 1. The number of alkyl halides is 3. The predicted octanol–water partition coefficient (Wildman–Crippen LogP) is 4.27. The SMILES string of the molecule is CC(C(=O)O)N(CC(F)(F)F)C(=O)OCC1c2ccccc2-c2ccccc21. The number of fused-ring (bicyclic) bond motifs is 3. The van der Waals surface area contributed by atoms with Crippen LogP contribution in [0.4, 0.5) is 18.0 Å². The maximum atomic E-state index is 12.8. The maximum Gasteiger partial charge on any atom is 0.410 e. The molecule has 8 heteroatoms. The molecule has 0 heterocycles. The van der Waals surface area contributed by atoms with Gasteiger partial charge in [-0.2, -0.15) is 13.2 Å². The van der Waals surface area contributed by atoms with Crippen LogP contribution in [0.1, 0.15) is 24.0 Å². The van der Waals surface area contributed by atoms with E-state index in [9.17, 15) is 22.8 Å². The number of hydrogen-bond donors (Lipinski definition) is 1. The van der Waals surface area contributed by atoms with Gasteiger partial charge in [0.25, 0.3) is 0 Å². The highest BCUT2D eigenvalue weighted by molar-refractivity contribution is 5.81. The summed E-state index contributed by atoms with van der Waals surface area (Å²) in [6.07, 6.45) is -6.05. The Hall–Kier alpha value is -3.03. The van der Waals surface area contributed by atoms with Crippen molar-refractivity contribution in [2.75, 3.05) is 13.2 Å². The monoisotopic (exact) mass is 393 g/mol. The zero-order chi connectivity index (χ0) is 20.5. The molecule has 0 aromatic heterocycles. The molecule has 1 aliphatic carbocycles. The number of carboxylic acids is 1. The number of carboxylic acid groups (broad SMARTS) is 1. The summed E-state index contributed by atoms with van der Waals surface area (Å²) in [6.45, 7) is -0.875. The molecule has 2 aromatic rings. The van der Waals surface area contributed by atoms with Crippen LogP contribution in [0.3, 0.4) is 0 Å². The van der Waals surface area contributed by atoms with E-state index in [2.05, 4.69) is 0 Å². The number of hydrogen-bond acceptors (Lipinski definition) is 3. The van der Waals surface area contributed by atoms with E-state index >= 15 is 0 Å². The van der Waals surface area contributed by atoms with Crippen molar-refractivity contribution in [1.82, 2.24) is 4.90 Å². The van der Waals surface area contributed by atoms with Crippen molar-refractivity contribution in [2.45, 2.75) is 25.1 Å². The third kappa shape index (κ3) is 3.95. The lowest BCUT2D eigenvalue weighted by Crippen LogP contribution is -2.48. The van der Waals surface area contributed by atoms with Crippen molar-refractivity contribution in [2.24, 2.45) is 0 Å². The molecule has 0 fully saturated rings. The molecular formula is C20H18F3NO4. The van der Waals surface area contributed by atoms with E-state index in [1.165, 1.54) is 0 Å². The molecule has 1 unspecified atom stereocenters. The lowest BCUT2D eigenvalue weighted by molar-refractivity contribution is -0.157. The molecule has 148 valence electrons. The van der Waals surface area contributed by atoms with Crippen LogP contribution in [-0.2, 0) is 9.53 Å². The number of amides is 1. The van der Waals surface area contributed by atoms with Gasteiger partial charge in [-0.3, -0.25) is 4.90 Å². The minimum atomic E-state index is -4.74. The fourth-order valence-electron chi connectivity index (χ4n) is 3.36. The van der Waals surface area contributed by atoms with Crippen LogP contribution in [0.2, 0.25) is 0 Å². The second-order valence-electron chi connectivity index (χ2n) is 6.56. The lowest BCUT2D eigenvalue weighted by Gasteiger charge is -2.27. The zero-order valence-electron chi connectivity index (χ0n) is 14.9. The van der Waals surface area contributed by atoms with E-state index in [1.807, 2.05) is 48.5 Å². The molecule has 1 aliphatic rings. The second kappa shape index (κ2) is 7.53. The Morgan fingerprint density at radius 1 is 1.07 bits per heavy atom. The van der Waals surface area contributed by atoms with Crippen molar-refractivity contribution in [3.63, 3.8) is 0 Å². The summed E-state index contributed by atoms with van der Waals surface area (Å²) in [4.78, 5) is 23.6. The Labute approximate surface area is 159 Å². The van der Waals surface area contributed by atoms with Crippen molar-refractivity contribution in [3.8, 4) is 11.1 Å². The van der Waals surface area contributed by atoms with E-state index in [0.29, 0.717) is 0 Å². The molecule has 1 atom stereocenters. The van der Waals surface area contributed by atoms with Crippen LogP contribution in [-0.4, -0.2) is 47.4 Å². The van der Waals surface area contributed by atoms with Gasteiger partial charge in [0.1, 0.15) is 19.2 Å². The van der Waals surface area contributed by atoms with Crippen LogP contribution in [0.15, 0.2) is 48.5 Å². The molecular weight excluding hydrogens is 375 g/mol. The number of rotatable bonds is 5. The molecule has 5 nitrogen and oxygen atoms in total. The van der Waals surface area contributed by atoms with Crippen molar-refractivity contribution in [3.05, 3.63) is 59.7 Å². The third-order valence-corrected chi connectivity index (χ3v) is 4.75. The van der Waals surface area contributed by atoms with Crippen LogP contribution in [0.5, 0.6) is 0 Å². The summed E-state index contributed by atoms with van der Waals surface area (Å²) < 4.78 is 43.5. The Kier molecular flexibility index (Phi) is 5.31. The fourth-order valence-corrected chi connectivity index (χ4v) is 3.36. The molecule has 1 N–H and O–H groups in total. The van der Waals surface area contributed by atoms with E-state index in [-0.39, 0.29) is 17.4 Å². The molecule has 0 saturated heterocycles. The average molecular weight is 393 g/mol. The predicted molar refractivity (Wildman–Crippen MR) is 94.9 cm³/mol. The van der Waals surface area contributed by atoms with E-state index in [4.69, 9.17) is 9.84 Å². The van der Waals surface area contributed by atoms with E-state index in [0.717, 1.165) is 29.2 Å². The van der Waals surface area contributed by atoms with Gasteiger partial charge < -0.3 is 9.84 Å². The van der Waals surface area contributed by atoms with Gasteiger partial charge in [-0.05, 0) is 29.2 Å². The first-order chi connectivity index (χ1) is 13.2. The summed E-state index contributed by atoms with van der Waals surface area (Å²) in [5, 5.41) is 9.02. The Bertz CT molecular complexity index is 852. The fraction of sp³-hybridized carbons (Fsp3) is 0.300. The van der Waals surface area contributed by atoms with Gasteiger partial charge in [0.2, 0.25) is 0 Å². The Morgan fingerprint density at radius 3 is 2.04 bits per heavy atom. The highest BCUT2D eigenvalue weighted by atomic mass is 19.4. The standard InChI is InChI=1S/C20H18F3NO4/c1-12(18(25)26)24(11-20(21,22)23)19(27)28-10-17-15-8-4-2-6-13(15)14-7-3-5-9-16(14)17/h2-9,12,17H,10-11H2,1H3,(H,25,26). The molecule has 0 saturated carbocycles. The minimum absolute atomic E-state index is 0.176. The van der Waals surface area contributed by atoms with Gasteiger partial charge in [0, 0.05) is 5.92 Å². The highest BCUT2D eigenvalue weighted by Crippen LogP contribution is 2.44. The summed E-state index contributed by atoms with van der Waals surface area (Å²) in [5.41, 5.74) is 3.77. The summed E-state index contributed by atoms with van der Waals surface area (Å²) in [6, 6.07) is 13.4. The number of ether oxygens (including phenoxy) is 1. The molecule has 0 aliphatic heterocycles. The van der Waals surface area contributed by atoms with Gasteiger partial charge in [-0.1, -0.05) is 48.5 Å². The zero-order valence-corrected chi connectivity index (χ0v) is 14.9. The van der Waals surface area contributed by atoms with E-state index < -0.39 is 30.8 Å². The van der Waals surface area contributed by atoms with Crippen LogP contribution >= 0.6 is 0 Å². The summed E-state index contributed by atoms with van der Waals surface area (Å²) in [7, 11) is 0. The second-order valence-corrected chi connectivity index (χ2v) is 6.56. The minimum Gasteiger partial charge on any atom is -0.480 e. The molecule has 28 heavy (non-hydrogen) atoms. The van der Waals surface area contributed by atoms with Gasteiger partial charge in [-0.15, -0.1) is 0 Å². The normalized spacial score (nSPS) is 14.1. The maximum absolute atomic E-state index is 12.8. The number of aliphatic carboxylic acids is 1. The smallest absolute Gasteiger partial charge is 0.410 e. The van der Waals surface area contributed by atoms with Crippen LogP contribution < -0.4 is 0 Å². The Morgan fingerprint density at radius 2 is 1.57 bits per heavy atom. The summed E-state index contributed by atoms with van der Waals surface area (Å²) >= 11 is 0. The number of halogens is 3. The first-order valence-corrected chi connectivity index (χ1v) is 8.60. The quantitative estimate of drug-likeness (QED) is 0.824. The van der Waals surface area contributed by atoms with Crippen molar-refractivity contribution < 1.29 is 32.6 Å². The molecule has 0 spiro atoms. The first kappa shape index (κ1) is 19.7. The molecule has 3 rings (SSSR count). The largest absolute Gasteiger partial charge is 0.480 e. The number of carbonyl (C=O) groups is 2.